The summed E-state index contributed by atoms with van der Waals surface area (Å²) in [5.41, 5.74) is 2.05. The molecule has 0 aliphatic carbocycles. The van der Waals surface area contributed by atoms with Crippen LogP contribution in [0.4, 0.5) is 5.69 Å². The quantitative estimate of drug-likeness (QED) is 0.733. The van der Waals surface area contributed by atoms with Crippen molar-refractivity contribution in [2.45, 2.75) is 46.6 Å². The summed E-state index contributed by atoms with van der Waals surface area (Å²) < 4.78 is 0. The van der Waals surface area contributed by atoms with E-state index in [1.54, 1.807) is 0 Å². The van der Waals surface area contributed by atoms with Gasteiger partial charge in [0.05, 0.1) is 16.2 Å². The Morgan fingerprint density at radius 3 is 2.33 bits per heavy atom. The third-order valence-corrected chi connectivity index (χ3v) is 3.92. The summed E-state index contributed by atoms with van der Waals surface area (Å²) in [4.78, 5) is 4.51. The standard InChI is InChI=1S/C18H25ClN2/c1-12(2)10-14(11-13(3)4)21-17-8-7-16(19)15-6-5-9-20-18(15)17/h5-9,12-14,21H,10-11H2,1-4H3. The van der Waals surface area contributed by atoms with Crippen LogP contribution in [0.3, 0.4) is 0 Å². The van der Waals surface area contributed by atoms with E-state index in [0.29, 0.717) is 17.9 Å². The molecule has 0 aliphatic heterocycles. The molecule has 21 heavy (non-hydrogen) atoms. The highest BCUT2D eigenvalue weighted by Gasteiger charge is 2.15. The van der Waals surface area contributed by atoms with Gasteiger partial charge in [0.2, 0.25) is 0 Å². The molecule has 1 N–H and O–H groups in total. The van der Waals surface area contributed by atoms with E-state index < -0.39 is 0 Å². The van der Waals surface area contributed by atoms with Gasteiger partial charge < -0.3 is 5.32 Å². The van der Waals surface area contributed by atoms with Gasteiger partial charge in [-0.15, -0.1) is 0 Å². The van der Waals surface area contributed by atoms with Crippen LogP contribution in [0.2, 0.25) is 5.02 Å². The molecule has 0 aliphatic rings. The number of benzene rings is 1. The van der Waals surface area contributed by atoms with Crippen LogP contribution in [-0.2, 0) is 0 Å². The minimum atomic E-state index is 0.469. The van der Waals surface area contributed by atoms with E-state index in [1.165, 1.54) is 0 Å². The van der Waals surface area contributed by atoms with E-state index in [4.69, 9.17) is 11.6 Å². The van der Waals surface area contributed by atoms with Crippen molar-refractivity contribution >= 4 is 28.2 Å². The van der Waals surface area contributed by atoms with Crippen molar-refractivity contribution in [1.29, 1.82) is 0 Å². The van der Waals surface area contributed by atoms with E-state index in [9.17, 15) is 0 Å². The molecule has 1 aromatic heterocycles. The van der Waals surface area contributed by atoms with E-state index in [0.717, 1.165) is 34.5 Å². The van der Waals surface area contributed by atoms with Crippen LogP contribution < -0.4 is 5.32 Å². The van der Waals surface area contributed by atoms with Gasteiger partial charge in [0.15, 0.2) is 0 Å². The van der Waals surface area contributed by atoms with Crippen molar-refractivity contribution in [1.82, 2.24) is 4.98 Å². The number of aromatic nitrogens is 1. The predicted octanol–water partition coefficient (Wildman–Crippen LogP) is 5.76. The van der Waals surface area contributed by atoms with Crippen molar-refractivity contribution in [3.05, 3.63) is 35.5 Å². The van der Waals surface area contributed by atoms with Gasteiger partial charge in [0.1, 0.15) is 0 Å². The lowest BCUT2D eigenvalue weighted by Crippen LogP contribution is -2.23. The summed E-state index contributed by atoms with van der Waals surface area (Å²) in [5, 5.41) is 5.46. The normalized spacial score (nSPS) is 11.8. The zero-order chi connectivity index (χ0) is 15.4. The molecule has 0 bridgehead atoms. The number of anilines is 1. The van der Waals surface area contributed by atoms with Gasteiger partial charge in [0, 0.05) is 17.6 Å². The highest BCUT2D eigenvalue weighted by Crippen LogP contribution is 2.29. The first-order chi connectivity index (χ1) is 9.97. The SMILES string of the molecule is CC(C)CC(CC(C)C)Nc1ccc(Cl)c2cccnc12. The Hall–Kier alpha value is -1.28. The number of nitrogens with zero attached hydrogens (tertiary/aromatic N) is 1. The van der Waals surface area contributed by atoms with Crippen LogP contribution in [0.1, 0.15) is 40.5 Å². The number of halogens is 1. The minimum Gasteiger partial charge on any atom is -0.381 e. The molecule has 0 saturated carbocycles. The molecular weight excluding hydrogens is 280 g/mol. The second-order valence-corrected chi connectivity index (χ2v) is 7.00. The molecule has 114 valence electrons. The predicted molar refractivity (Wildman–Crippen MR) is 93.1 cm³/mol. The molecule has 0 radical (unpaired) electrons. The number of hydrogen-bond donors (Lipinski definition) is 1. The van der Waals surface area contributed by atoms with Crippen molar-refractivity contribution in [2.75, 3.05) is 5.32 Å². The first-order valence-corrected chi connectivity index (χ1v) is 8.15. The minimum absolute atomic E-state index is 0.469. The Morgan fingerprint density at radius 1 is 1.05 bits per heavy atom. The van der Waals surface area contributed by atoms with Crippen molar-refractivity contribution < 1.29 is 0 Å². The third kappa shape index (κ3) is 4.34. The fourth-order valence-electron chi connectivity index (χ4n) is 2.83. The van der Waals surface area contributed by atoms with Crippen LogP contribution in [0.15, 0.2) is 30.5 Å². The lowest BCUT2D eigenvalue weighted by molar-refractivity contribution is 0.442. The van der Waals surface area contributed by atoms with E-state index in [1.807, 2.05) is 30.5 Å². The van der Waals surface area contributed by atoms with Gasteiger partial charge in [-0.1, -0.05) is 39.3 Å². The topological polar surface area (TPSA) is 24.9 Å². The van der Waals surface area contributed by atoms with Gasteiger partial charge in [0.25, 0.3) is 0 Å². The zero-order valence-corrected chi connectivity index (χ0v) is 14.1. The van der Waals surface area contributed by atoms with Gasteiger partial charge in [-0.25, -0.2) is 0 Å². The number of fused-ring (bicyclic) bond motifs is 1. The summed E-state index contributed by atoms with van der Waals surface area (Å²) in [6.45, 7) is 9.08. The Bertz CT molecular complexity index is 583. The molecule has 0 amide bonds. The fraction of sp³-hybridized carbons (Fsp3) is 0.500. The number of nitrogens with one attached hydrogen (secondary N) is 1. The average Bonchev–Trinajstić information content (AvgIpc) is 2.41. The molecule has 0 fully saturated rings. The Kier molecular flexibility index (Phi) is 5.46. The van der Waals surface area contributed by atoms with Gasteiger partial charge in [-0.3, -0.25) is 4.98 Å². The lowest BCUT2D eigenvalue weighted by atomic mass is 9.95. The summed E-state index contributed by atoms with van der Waals surface area (Å²) >= 11 is 6.27. The van der Waals surface area contributed by atoms with Gasteiger partial charge in [-0.05, 0) is 48.9 Å². The van der Waals surface area contributed by atoms with Crippen molar-refractivity contribution in [3.8, 4) is 0 Å². The van der Waals surface area contributed by atoms with Crippen molar-refractivity contribution in [3.63, 3.8) is 0 Å². The molecule has 0 unspecified atom stereocenters. The highest BCUT2D eigenvalue weighted by molar-refractivity contribution is 6.35. The molecule has 0 atom stereocenters. The third-order valence-electron chi connectivity index (χ3n) is 3.59. The van der Waals surface area contributed by atoms with Crippen LogP contribution in [0.25, 0.3) is 10.9 Å². The molecular formula is C18H25ClN2. The number of pyridine rings is 1. The molecule has 2 aromatic rings. The van der Waals surface area contributed by atoms with Crippen molar-refractivity contribution in [2.24, 2.45) is 11.8 Å². The fourth-order valence-corrected chi connectivity index (χ4v) is 3.04. The maximum atomic E-state index is 6.27. The van der Waals surface area contributed by atoms with Crippen LogP contribution in [0, 0.1) is 11.8 Å². The van der Waals surface area contributed by atoms with Gasteiger partial charge >= 0.3 is 0 Å². The monoisotopic (exact) mass is 304 g/mol. The number of hydrogen-bond acceptors (Lipinski definition) is 2. The van der Waals surface area contributed by atoms with Gasteiger partial charge in [-0.2, -0.15) is 0 Å². The van der Waals surface area contributed by atoms with E-state index in [2.05, 4.69) is 38.0 Å². The van der Waals surface area contributed by atoms with E-state index >= 15 is 0 Å². The average molecular weight is 305 g/mol. The van der Waals surface area contributed by atoms with Crippen LogP contribution >= 0.6 is 11.6 Å². The molecule has 0 spiro atoms. The first-order valence-electron chi connectivity index (χ1n) is 7.77. The second kappa shape index (κ2) is 7.13. The summed E-state index contributed by atoms with van der Waals surface area (Å²) in [6.07, 6.45) is 4.15. The molecule has 1 aromatic carbocycles. The summed E-state index contributed by atoms with van der Waals surface area (Å²) in [6, 6.07) is 8.42. The largest absolute Gasteiger partial charge is 0.381 e. The first kappa shape index (κ1) is 16.1. The Labute approximate surface area is 132 Å². The molecule has 2 rings (SSSR count). The second-order valence-electron chi connectivity index (χ2n) is 6.59. The Balaban J connectivity index is 2.30. The lowest BCUT2D eigenvalue weighted by Gasteiger charge is -2.24. The highest BCUT2D eigenvalue weighted by atomic mass is 35.5. The summed E-state index contributed by atoms with van der Waals surface area (Å²) in [5.74, 6) is 1.35. The molecule has 1 heterocycles. The molecule has 3 heteroatoms. The van der Waals surface area contributed by atoms with Crippen LogP contribution in [-0.4, -0.2) is 11.0 Å². The molecule has 0 saturated heterocycles. The maximum absolute atomic E-state index is 6.27. The maximum Gasteiger partial charge on any atom is 0.0948 e. The van der Waals surface area contributed by atoms with Crippen LogP contribution in [0.5, 0.6) is 0 Å². The summed E-state index contributed by atoms with van der Waals surface area (Å²) in [7, 11) is 0. The Morgan fingerprint density at radius 2 is 1.71 bits per heavy atom. The smallest absolute Gasteiger partial charge is 0.0948 e. The molecule has 2 nitrogen and oxygen atoms in total. The van der Waals surface area contributed by atoms with E-state index in [-0.39, 0.29) is 0 Å². The zero-order valence-electron chi connectivity index (χ0n) is 13.4. The number of rotatable bonds is 6.